The molecule has 0 fully saturated rings. The Balaban J connectivity index is 0. The zero-order chi connectivity index (χ0) is 6.62. The molecular weight excluding hydrogens is 133 g/mol. The minimum atomic E-state index is -3.19. The molecule has 51 valence electrons. The van der Waals surface area contributed by atoms with E-state index >= 15 is 0 Å². The van der Waals surface area contributed by atoms with Gasteiger partial charge >= 0.3 is 0 Å². The van der Waals surface area contributed by atoms with E-state index in [1.54, 1.807) is 0 Å². The number of nitrogens with two attached hydrogens (primary N) is 1. The Morgan fingerprint density at radius 1 is 1.44 bits per heavy atom. The summed E-state index contributed by atoms with van der Waals surface area (Å²) in [4.78, 5) is 0. The van der Waals surface area contributed by atoms with Crippen LogP contribution in [0.2, 0.25) is 0 Å². The van der Waals surface area contributed by atoms with E-state index in [4.69, 9.17) is 5.14 Å². The number of hydrogen-bond donors (Lipinski definition) is 1. The van der Waals surface area contributed by atoms with Gasteiger partial charge in [-0.3, -0.25) is 0 Å². The number of unbranched alkanes of at least 4 members (excludes halogenated alkanes) is 1. The molecule has 0 aromatic heterocycles. The Bertz CT molecular complexity index is 143. The molecule has 2 N–H and O–H groups in total. The van der Waals surface area contributed by atoms with Crippen LogP contribution in [0.3, 0.4) is 0 Å². The Morgan fingerprint density at radius 2 is 1.89 bits per heavy atom. The van der Waals surface area contributed by atoms with Gasteiger partial charge in [-0.05, 0) is 6.42 Å². The standard InChI is InChI=1S/C4H11NO2S.Li/c1-2-3-4-8(5,6)7;/h2-4H2,1H3,(H2,5,6,7);. The van der Waals surface area contributed by atoms with Crippen molar-refractivity contribution < 1.29 is 8.42 Å². The van der Waals surface area contributed by atoms with Crippen LogP contribution in [-0.2, 0) is 10.0 Å². The van der Waals surface area contributed by atoms with Gasteiger partial charge in [-0.15, -0.1) is 0 Å². The quantitative estimate of drug-likeness (QED) is 0.552. The van der Waals surface area contributed by atoms with Crippen molar-refractivity contribution in [3.8, 4) is 0 Å². The van der Waals surface area contributed by atoms with Crippen LogP contribution in [0.15, 0.2) is 0 Å². The molecule has 0 aromatic carbocycles. The molecule has 0 amide bonds. The molecule has 3 nitrogen and oxygen atoms in total. The van der Waals surface area contributed by atoms with E-state index in [2.05, 4.69) is 0 Å². The van der Waals surface area contributed by atoms with Crippen molar-refractivity contribution in [1.82, 2.24) is 0 Å². The molecule has 0 saturated carbocycles. The molecule has 0 aromatic rings. The Morgan fingerprint density at radius 3 is 2.00 bits per heavy atom. The Hall–Kier alpha value is 0.507. The first-order valence-corrected chi connectivity index (χ1v) is 4.28. The fraction of sp³-hybridized carbons (Fsp3) is 1.00. The summed E-state index contributed by atoms with van der Waals surface area (Å²) in [5.74, 6) is 0.115. The van der Waals surface area contributed by atoms with Crippen LogP contribution < -0.4 is 5.14 Å². The van der Waals surface area contributed by atoms with Gasteiger partial charge < -0.3 is 0 Å². The minimum absolute atomic E-state index is 0. The third-order valence-electron chi connectivity index (χ3n) is 0.782. The van der Waals surface area contributed by atoms with Crippen molar-refractivity contribution >= 4 is 28.9 Å². The van der Waals surface area contributed by atoms with Crippen LogP contribution in [0.25, 0.3) is 0 Å². The van der Waals surface area contributed by atoms with Crippen LogP contribution in [0, 0.1) is 0 Å². The van der Waals surface area contributed by atoms with Gasteiger partial charge in [-0.1, -0.05) is 13.3 Å². The van der Waals surface area contributed by atoms with Crippen molar-refractivity contribution in [2.45, 2.75) is 19.8 Å². The van der Waals surface area contributed by atoms with Gasteiger partial charge in [-0.25, -0.2) is 13.6 Å². The molecule has 5 heteroatoms. The maximum atomic E-state index is 10.2. The third kappa shape index (κ3) is 11.9. The summed E-state index contributed by atoms with van der Waals surface area (Å²) in [6, 6.07) is 0. The average Bonchev–Trinajstić information content (AvgIpc) is 1.59. The minimum Gasteiger partial charge on any atom is -0.229 e. The molecule has 1 radical (unpaired) electrons. The van der Waals surface area contributed by atoms with Gasteiger partial charge in [-0.2, -0.15) is 0 Å². The maximum absolute atomic E-state index is 10.2. The summed E-state index contributed by atoms with van der Waals surface area (Å²) >= 11 is 0. The van der Waals surface area contributed by atoms with E-state index in [0.29, 0.717) is 6.42 Å². The molecule has 0 aliphatic rings. The van der Waals surface area contributed by atoms with Crippen molar-refractivity contribution in [3.05, 3.63) is 0 Å². The van der Waals surface area contributed by atoms with Gasteiger partial charge in [0.15, 0.2) is 0 Å². The molecule has 0 atom stereocenters. The molecule has 0 unspecified atom stereocenters. The fourth-order valence-electron chi connectivity index (χ4n) is 0.346. The van der Waals surface area contributed by atoms with Gasteiger partial charge in [0.25, 0.3) is 0 Å². The van der Waals surface area contributed by atoms with E-state index in [9.17, 15) is 8.42 Å². The predicted molar refractivity (Wildman–Crippen MR) is 38.6 cm³/mol. The van der Waals surface area contributed by atoms with E-state index in [-0.39, 0.29) is 24.6 Å². The van der Waals surface area contributed by atoms with Crippen LogP contribution in [0.5, 0.6) is 0 Å². The Kier molecular flexibility index (Phi) is 7.20. The number of rotatable bonds is 3. The largest absolute Gasteiger partial charge is 0.229 e. The van der Waals surface area contributed by atoms with Crippen molar-refractivity contribution in [1.29, 1.82) is 0 Å². The molecule has 0 saturated heterocycles. The second kappa shape index (κ2) is 5.30. The van der Waals surface area contributed by atoms with E-state index < -0.39 is 10.0 Å². The number of primary sulfonamides is 1. The Labute approximate surface area is 68.2 Å². The molecule has 0 bridgehead atoms. The molecule has 0 aliphatic carbocycles. The monoisotopic (exact) mass is 144 g/mol. The van der Waals surface area contributed by atoms with E-state index in [1.807, 2.05) is 6.92 Å². The van der Waals surface area contributed by atoms with Crippen molar-refractivity contribution in [2.75, 3.05) is 5.75 Å². The SMILES string of the molecule is CCCCS(N)(=O)=O.[Li]. The third-order valence-corrected chi connectivity index (χ3v) is 1.64. The molecule has 9 heavy (non-hydrogen) atoms. The van der Waals surface area contributed by atoms with Crippen LogP contribution in [-0.4, -0.2) is 33.0 Å². The molecule has 0 aliphatic heterocycles. The van der Waals surface area contributed by atoms with Crippen LogP contribution >= 0.6 is 0 Å². The van der Waals surface area contributed by atoms with Crippen LogP contribution in [0.1, 0.15) is 19.8 Å². The fourth-order valence-corrected chi connectivity index (χ4v) is 1.04. The van der Waals surface area contributed by atoms with Gasteiger partial charge in [0.05, 0.1) is 5.75 Å². The summed E-state index contributed by atoms with van der Waals surface area (Å²) in [7, 11) is -3.19. The molecule has 0 heterocycles. The summed E-state index contributed by atoms with van der Waals surface area (Å²) in [6.07, 6.45) is 1.54. The second-order valence-electron chi connectivity index (χ2n) is 1.72. The van der Waals surface area contributed by atoms with Gasteiger partial charge in [0.2, 0.25) is 10.0 Å². The number of sulfonamides is 1. The van der Waals surface area contributed by atoms with Crippen molar-refractivity contribution in [3.63, 3.8) is 0 Å². The topological polar surface area (TPSA) is 60.2 Å². The summed E-state index contributed by atoms with van der Waals surface area (Å²) in [6.45, 7) is 1.92. The molecule has 0 spiro atoms. The van der Waals surface area contributed by atoms with Gasteiger partial charge in [0.1, 0.15) is 0 Å². The summed E-state index contributed by atoms with van der Waals surface area (Å²) < 4.78 is 20.3. The average molecular weight is 144 g/mol. The first-order chi connectivity index (χ1) is 3.56. The molecule has 0 rings (SSSR count). The second-order valence-corrected chi connectivity index (χ2v) is 3.45. The predicted octanol–water partition coefficient (Wildman–Crippen LogP) is -0.306. The van der Waals surface area contributed by atoms with Crippen LogP contribution in [0.4, 0.5) is 0 Å². The first kappa shape index (κ1) is 12.2. The smallest absolute Gasteiger partial charge is 0.209 e. The molecular formula is C4H11LiNO2S. The summed E-state index contributed by atoms with van der Waals surface area (Å²) in [5, 5.41) is 4.69. The number of hydrogen-bond acceptors (Lipinski definition) is 2. The van der Waals surface area contributed by atoms with Crippen molar-refractivity contribution in [2.24, 2.45) is 5.14 Å². The normalized spacial score (nSPS) is 10.4. The summed E-state index contributed by atoms with van der Waals surface area (Å²) in [5.41, 5.74) is 0. The van der Waals surface area contributed by atoms with Gasteiger partial charge in [0, 0.05) is 18.9 Å². The zero-order valence-corrected chi connectivity index (χ0v) is 6.74. The maximum Gasteiger partial charge on any atom is 0.209 e. The van der Waals surface area contributed by atoms with E-state index in [1.165, 1.54) is 0 Å². The first-order valence-electron chi connectivity index (χ1n) is 2.56. The van der Waals surface area contributed by atoms with E-state index in [0.717, 1.165) is 6.42 Å². The zero-order valence-electron chi connectivity index (χ0n) is 5.92.